The Kier molecular flexibility index (Phi) is 7.13. The predicted molar refractivity (Wildman–Crippen MR) is 125 cm³/mol. The second kappa shape index (κ2) is 9.79. The number of carbonyl (C=O) groups excluding carboxylic acids is 1. The molecule has 2 N–H and O–H groups in total. The number of ether oxygens (including phenoxy) is 1. The summed E-state index contributed by atoms with van der Waals surface area (Å²) < 4.78 is 5.53. The molecule has 1 fully saturated rings. The summed E-state index contributed by atoms with van der Waals surface area (Å²) in [5.41, 5.74) is 3.63. The van der Waals surface area contributed by atoms with Crippen LogP contribution in [0.1, 0.15) is 25.3 Å². The summed E-state index contributed by atoms with van der Waals surface area (Å²) in [6, 6.07) is 13.8. The second-order valence-corrected chi connectivity index (χ2v) is 8.24. The highest BCUT2D eigenvalue weighted by atomic mass is 16.5. The van der Waals surface area contributed by atoms with Crippen LogP contribution < -0.4 is 10.1 Å². The standard InChI is InChI=1S/C25H31N3O3/c1-5-22(27-24(30)28-15-13-25(3,17-29)14-16-28)26-23-18(2)20(11-12-21(23)31-4)19-9-7-6-8-10-19/h5-12,29H,1,13-17H2,2-4H3,(H,26,27,30). The van der Waals surface area contributed by atoms with Crippen LogP contribution in [0, 0.1) is 12.3 Å². The van der Waals surface area contributed by atoms with Crippen LogP contribution in [0.25, 0.3) is 11.1 Å². The lowest BCUT2D eigenvalue weighted by Gasteiger charge is -2.38. The molecule has 31 heavy (non-hydrogen) atoms. The molecule has 1 heterocycles. The molecule has 164 valence electrons. The van der Waals surface area contributed by atoms with Crippen LogP contribution >= 0.6 is 0 Å². The summed E-state index contributed by atoms with van der Waals surface area (Å²) in [7, 11) is 1.61. The topological polar surface area (TPSA) is 74.2 Å². The quantitative estimate of drug-likeness (QED) is 0.543. The van der Waals surface area contributed by atoms with Gasteiger partial charge < -0.3 is 14.7 Å². The second-order valence-electron chi connectivity index (χ2n) is 8.24. The van der Waals surface area contributed by atoms with E-state index in [-0.39, 0.29) is 18.1 Å². The first-order chi connectivity index (χ1) is 14.9. The van der Waals surface area contributed by atoms with Crippen molar-refractivity contribution < 1.29 is 14.6 Å². The van der Waals surface area contributed by atoms with Gasteiger partial charge in [0.05, 0.1) is 7.11 Å². The van der Waals surface area contributed by atoms with Crippen LogP contribution in [0.2, 0.25) is 0 Å². The number of piperidine rings is 1. The Bertz CT molecular complexity index is 961. The average molecular weight is 422 g/mol. The van der Waals surface area contributed by atoms with E-state index in [9.17, 15) is 9.90 Å². The minimum absolute atomic E-state index is 0.117. The number of nitrogens with one attached hydrogen (secondary N) is 1. The van der Waals surface area contributed by atoms with E-state index in [0.29, 0.717) is 30.4 Å². The van der Waals surface area contributed by atoms with Crippen LogP contribution in [-0.2, 0) is 0 Å². The fraction of sp³-hybridized carbons (Fsp3) is 0.360. The highest BCUT2D eigenvalue weighted by molar-refractivity contribution is 6.05. The van der Waals surface area contributed by atoms with Gasteiger partial charge in [0.1, 0.15) is 17.3 Å². The molecule has 2 aromatic rings. The van der Waals surface area contributed by atoms with Gasteiger partial charge >= 0.3 is 6.03 Å². The number of hydrogen-bond acceptors (Lipinski definition) is 4. The number of rotatable bonds is 5. The summed E-state index contributed by atoms with van der Waals surface area (Å²) in [6.07, 6.45) is 3.07. The summed E-state index contributed by atoms with van der Waals surface area (Å²) >= 11 is 0. The number of nitrogens with zero attached hydrogens (tertiary/aromatic N) is 2. The van der Waals surface area contributed by atoms with Gasteiger partial charge in [-0.1, -0.05) is 49.9 Å². The number of amides is 2. The fourth-order valence-corrected chi connectivity index (χ4v) is 3.75. The first-order valence-electron chi connectivity index (χ1n) is 10.5. The van der Waals surface area contributed by atoms with Gasteiger partial charge in [-0.15, -0.1) is 0 Å². The first kappa shape index (κ1) is 22.6. The molecule has 2 amide bonds. The van der Waals surface area contributed by atoms with Crippen molar-refractivity contribution in [2.75, 3.05) is 26.8 Å². The van der Waals surface area contributed by atoms with Crippen LogP contribution in [0.3, 0.4) is 0 Å². The number of aliphatic hydroxyl groups is 1. The minimum Gasteiger partial charge on any atom is -0.494 e. The molecule has 2 aromatic carbocycles. The Balaban J connectivity index is 1.85. The normalized spacial score (nSPS) is 16.0. The van der Waals surface area contributed by atoms with Crippen molar-refractivity contribution in [1.29, 1.82) is 0 Å². The van der Waals surface area contributed by atoms with E-state index in [2.05, 4.69) is 29.0 Å². The smallest absolute Gasteiger partial charge is 0.323 e. The molecule has 6 heteroatoms. The van der Waals surface area contributed by atoms with E-state index in [1.807, 2.05) is 44.2 Å². The zero-order valence-electron chi connectivity index (χ0n) is 18.5. The fourth-order valence-electron chi connectivity index (χ4n) is 3.75. The molecule has 0 aromatic heterocycles. The van der Waals surface area contributed by atoms with Gasteiger partial charge in [0.15, 0.2) is 0 Å². The van der Waals surface area contributed by atoms with Gasteiger partial charge in [0.2, 0.25) is 0 Å². The maximum Gasteiger partial charge on any atom is 0.323 e. The van der Waals surface area contributed by atoms with Crippen LogP contribution in [0.15, 0.2) is 60.1 Å². The highest BCUT2D eigenvalue weighted by Gasteiger charge is 2.31. The van der Waals surface area contributed by atoms with Crippen molar-refractivity contribution in [2.45, 2.75) is 26.7 Å². The van der Waals surface area contributed by atoms with Crippen LogP contribution in [-0.4, -0.2) is 48.7 Å². The lowest BCUT2D eigenvalue weighted by atomic mass is 9.81. The van der Waals surface area contributed by atoms with Gasteiger partial charge in [0.25, 0.3) is 0 Å². The van der Waals surface area contributed by atoms with Crippen molar-refractivity contribution in [2.24, 2.45) is 10.4 Å². The van der Waals surface area contributed by atoms with Gasteiger partial charge in [-0.25, -0.2) is 9.79 Å². The number of methoxy groups -OCH3 is 1. The summed E-state index contributed by atoms with van der Waals surface area (Å²) in [5, 5.41) is 12.4. The van der Waals surface area contributed by atoms with Crippen molar-refractivity contribution in [3.63, 3.8) is 0 Å². The number of aliphatic imine (C=N–C) groups is 1. The minimum atomic E-state index is -0.213. The van der Waals surface area contributed by atoms with Gasteiger partial charge in [-0.3, -0.25) is 5.32 Å². The van der Waals surface area contributed by atoms with E-state index >= 15 is 0 Å². The molecule has 0 radical (unpaired) electrons. The summed E-state index contributed by atoms with van der Waals surface area (Å²) in [4.78, 5) is 19.2. The molecule has 1 aliphatic rings. The number of likely N-dealkylation sites (tertiary alicyclic amines) is 1. The van der Waals surface area contributed by atoms with Crippen LogP contribution in [0.5, 0.6) is 5.75 Å². The van der Waals surface area contributed by atoms with E-state index in [4.69, 9.17) is 4.74 Å². The largest absolute Gasteiger partial charge is 0.494 e. The SMILES string of the molecule is C=CC(=Nc1c(OC)ccc(-c2ccccc2)c1C)NC(=O)N1CCC(C)(CO)CC1. The Hall–Kier alpha value is -3.12. The van der Waals surface area contributed by atoms with E-state index in [1.165, 1.54) is 6.08 Å². The van der Waals surface area contributed by atoms with Gasteiger partial charge in [0, 0.05) is 19.7 Å². The number of hydrogen-bond donors (Lipinski definition) is 2. The van der Waals surface area contributed by atoms with Gasteiger partial charge in [-0.2, -0.15) is 0 Å². The lowest BCUT2D eigenvalue weighted by Crippen LogP contribution is -2.48. The molecule has 6 nitrogen and oxygen atoms in total. The zero-order chi connectivity index (χ0) is 22.4. The summed E-state index contributed by atoms with van der Waals surface area (Å²) in [5.74, 6) is 0.995. The Morgan fingerprint density at radius 1 is 1.26 bits per heavy atom. The zero-order valence-corrected chi connectivity index (χ0v) is 18.5. The predicted octanol–water partition coefficient (Wildman–Crippen LogP) is 4.69. The van der Waals surface area contributed by atoms with Crippen molar-refractivity contribution in [3.05, 3.63) is 60.7 Å². The lowest BCUT2D eigenvalue weighted by molar-refractivity contribution is 0.0710. The third-order valence-electron chi connectivity index (χ3n) is 6.00. The number of urea groups is 1. The molecule has 0 spiro atoms. The van der Waals surface area contributed by atoms with Crippen LogP contribution in [0.4, 0.5) is 10.5 Å². The Labute approximate surface area is 184 Å². The molecule has 0 bridgehead atoms. The average Bonchev–Trinajstić information content (AvgIpc) is 2.80. The number of benzene rings is 2. The molecule has 1 saturated heterocycles. The molecule has 0 aliphatic carbocycles. The number of aliphatic hydroxyl groups excluding tert-OH is 1. The maximum absolute atomic E-state index is 12.8. The van der Waals surface area contributed by atoms with E-state index < -0.39 is 0 Å². The van der Waals surface area contributed by atoms with Crippen molar-refractivity contribution in [3.8, 4) is 16.9 Å². The number of amidine groups is 1. The van der Waals surface area contributed by atoms with Gasteiger partial charge in [-0.05, 0) is 54.0 Å². The number of carbonyl (C=O) groups is 1. The first-order valence-corrected chi connectivity index (χ1v) is 10.5. The van der Waals surface area contributed by atoms with E-state index in [0.717, 1.165) is 29.5 Å². The third kappa shape index (κ3) is 5.14. The maximum atomic E-state index is 12.8. The molecular formula is C25H31N3O3. The molecule has 3 rings (SSSR count). The highest BCUT2D eigenvalue weighted by Crippen LogP contribution is 2.38. The molecule has 1 aliphatic heterocycles. The van der Waals surface area contributed by atoms with Crippen molar-refractivity contribution in [1.82, 2.24) is 10.2 Å². The monoisotopic (exact) mass is 421 g/mol. The Morgan fingerprint density at radius 3 is 2.52 bits per heavy atom. The summed E-state index contributed by atoms with van der Waals surface area (Å²) in [6.45, 7) is 9.19. The van der Waals surface area contributed by atoms with E-state index in [1.54, 1.807) is 12.0 Å². The molecule has 0 atom stereocenters. The third-order valence-corrected chi connectivity index (χ3v) is 6.00. The van der Waals surface area contributed by atoms with Crippen molar-refractivity contribution >= 4 is 17.6 Å². The molecule has 0 unspecified atom stereocenters. The molecular weight excluding hydrogens is 390 g/mol. The Morgan fingerprint density at radius 2 is 1.94 bits per heavy atom. The molecule has 0 saturated carbocycles.